The van der Waals surface area contributed by atoms with Gasteiger partial charge >= 0.3 is 0 Å². The van der Waals surface area contributed by atoms with Gasteiger partial charge in [0, 0.05) is 13.0 Å². The van der Waals surface area contributed by atoms with Gasteiger partial charge in [-0.15, -0.1) is 0 Å². The van der Waals surface area contributed by atoms with Crippen molar-refractivity contribution in [3.05, 3.63) is 53.6 Å². The molecule has 0 spiro atoms. The Morgan fingerprint density at radius 2 is 2.08 bits per heavy atom. The quantitative estimate of drug-likeness (QED) is 0.802. The molecule has 6 nitrogen and oxygen atoms in total. The van der Waals surface area contributed by atoms with Crippen molar-refractivity contribution in [1.82, 2.24) is 5.32 Å². The molecule has 1 aliphatic heterocycles. The highest BCUT2D eigenvalue weighted by molar-refractivity contribution is 5.77. The molecule has 6 heteroatoms. The van der Waals surface area contributed by atoms with Crippen LogP contribution in [0.1, 0.15) is 17.2 Å². The fraction of sp³-hybridized carbons (Fsp3) is 0.316. The third-order valence-electron chi connectivity index (χ3n) is 4.02. The van der Waals surface area contributed by atoms with Crippen LogP contribution in [0.15, 0.2) is 42.5 Å². The summed E-state index contributed by atoms with van der Waals surface area (Å²) in [6.45, 7) is 0.644. The average molecular weight is 343 g/mol. The molecule has 3 rings (SSSR count). The fourth-order valence-electron chi connectivity index (χ4n) is 2.67. The van der Waals surface area contributed by atoms with Crippen molar-refractivity contribution in [3.63, 3.8) is 0 Å². The van der Waals surface area contributed by atoms with E-state index >= 15 is 0 Å². The predicted molar refractivity (Wildman–Crippen MR) is 92.1 cm³/mol. The van der Waals surface area contributed by atoms with Gasteiger partial charge in [0.1, 0.15) is 5.75 Å². The second-order valence-corrected chi connectivity index (χ2v) is 5.73. The number of ether oxygens (including phenoxy) is 3. The van der Waals surface area contributed by atoms with Gasteiger partial charge in [0.25, 0.3) is 5.91 Å². The standard InChI is InChI=1S/C19H21NO5/c1-23-17-4-2-3-5-18(17)25-12-19(22)20-11-15(21)13-6-7-16-14(10-13)8-9-24-16/h2-7,10,15,21H,8-9,11-12H2,1H3,(H,20,22). The minimum Gasteiger partial charge on any atom is -0.493 e. The van der Waals surface area contributed by atoms with E-state index in [4.69, 9.17) is 14.2 Å². The highest BCUT2D eigenvalue weighted by Crippen LogP contribution is 2.28. The molecular formula is C19H21NO5. The molecule has 2 N–H and O–H groups in total. The first-order valence-electron chi connectivity index (χ1n) is 8.13. The van der Waals surface area contributed by atoms with Crippen molar-refractivity contribution in [3.8, 4) is 17.2 Å². The molecule has 0 saturated heterocycles. The van der Waals surface area contributed by atoms with E-state index in [1.165, 1.54) is 0 Å². The molecular weight excluding hydrogens is 322 g/mol. The first-order valence-corrected chi connectivity index (χ1v) is 8.13. The third kappa shape index (κ3) is 4.22. The number of amides is 1. The molecule has 2 aromatic rings. The number of carbonyl (C=O) groups is 1. The van der Waals surface area contributed by atoms with E-state index in [9.17, 15) is 9.90 Å². The molecule has 1 amide bonds. The molecule has 0 aliphatic carbocycles. The normalized spacial score (nSPS) is 13.5. The van der Waals surface area contributed by atoms with Crippen LogP contribution in [0.25, 0.3) is 0 Å². The summed E-state index contributed by atoms with van der Waals surface area (Å²) < 4.78 is 16.1. The van der Waals surface area contributed by atoms with Gasteiger partial charge in [0.15, 0.2) is 18.1 Å². The molecule has 0 aromatic heterocycles. The number of carbonyl (C=O) groups excluding carboxylic acids is 1. The Balaban J connectivity index is 1.48. The van der Waals surface area contributed by atoms with Crippen molar-refractivity contribution in [2.24, 2.45) is 0 Å². The van der Waals surface area contributed by atoms with Gasteiger partial charge in [-0.2, -0.15) is 0 Å². The lowest BCUT2D eigenvalue weighted by Crippen LogP contribution is -2.32. The van der Waals surface area contributed by atoms with Gasteiger partial charge in [-0.05, 0) is 35.4 Å². The topological polar surface area (TPSA) is 77.0 Å². The van der Waals surface area contributed by atoms with Crippen LogP contribution < -0.4 is 19.5 Å². The second kappa shape index (κ2) is 7.90. The van der Waals surface area contributed by atoms with Crippen LogP contribution in [-0.2, 0) is 11.2 Å². The number of para-hydroxylation sites is 2. The van der Waals surface area contributed by atoms with Crippen LogP contribution in [0.4, 0.5) is 0 Å². The Kier molecular flexibility index (Phi) is 5.40. The molecule has 132 valence electrons. The minimum atomic E-state index is -0.777. The maximum absolute atomic E-state index is 11.9. The zero-order chi connectivity index (χ0) is 17.6. The molecule has 0 saturated carbocycles. The van der Waals surface area contributed by atoms with Crippen molar-refractivity contribution in [2.75, 3.05) is 26.9 Å². The van der Waals surface area contributed by atoms with E-state index in [0.717, 1.165) is 23.3 Å². The highest BCUT2D eigenvalue weighted by atomic mass is 16.5. The van der Waals surface area contributed by atoms with Crippen molar-refractivity contribution in [2.45, 2.75) is 12.5 Å². The Hall–Kier alpha value is -2.73. The number of hydrogen-bond donors (Lipinski definition) is 2. The lowest BCUT2D eigenvalue weighted by atomic mass is 10.0. The summed E-state index contributed by atoms with van der Waals surface area (Å²) >= 11 is 0. The van der Waals surface area contributed by atoms with E-state index < -0.39 is 6.10 Å². The predicted octanol–water partition coefficient (Wildman–Crippen LogP) is 1.86. The number of benzene rings is 2. The Morgan fingerprint density at radius 1 is 1.28 bits per heavy atom. The summed E-state index contributed by atoms with van der Waals surface area (Å²) in [5, 5.41) is 12.9. The fourth-order valence-corrected chi connectivity index (χ4v) is 2.67. The summed E-state index contributed by atoms with van der Waals surface area (Å²) in [6, 6.07) is 12.7. The summed E-state index contributed by atoms with van der Waals surface area (Å²) in [5.74, 6) is 1.62. The molecule has 0 bridgehead atoms. The summed E-state index contributed by atoms with van der Waals surface area (Å²) in [6.07, 6.45) is 0.0655. The van der Waals surface area contributed by atoms with E-state index in [1.807, 2.05) is 24.3 Å². The largest absolute Gasteiger partial charge is 0.493 e. The lowest BCUT2D eigenvalue weighted by molar-refractivity contribution is -0.123. The van der Waals surface area contributed by atoms with E-state index in [1.54, 1.807) is 25.3 Å². The Morgan fingerprint density at radius 3 is 2.88 bits per heavy atom. The molecule has 0 fully saturated rings. The molecule has 1 unspecified atom stereocenters. The van der Waals surface area contributed by atoms with Crippen molar-refractivity contribution < 1.29 is 24.1 Å². The van der Waals surface area contributed by atoms with Crippen LogP contribution in [-0.4, -0.2) is 37.9 Å². The molecule has 0 radical (unpaired) electrons. The summed E-state index contributed by atoms with van der Waals surface area (Å²) in [5.41, 5.74) is 1.84. The van der Waals surface area contributed by atoms with Crippen LogP contribution >= 0.6 is 0 Å². The van der Waals surface area contributed by atoms with Gasteiger partial charge < -0.3 is 24.6 Å². The van der Waals surface area contributed by atoms with Crippen LogP contribution in [0.2, 0.25) is 0 Å². The second-order valence-electron chi connectivity index (χ2n) is 5.73. The Labute approximate surface area is 146 Å². The molecule has 1 aliphatic rings. The molecule has 1 atom stereocenters. The van der Waals surface area contributed by atoms with Crippen molar-refractivity contribution in [1.29, 1.82) is 0 Å². The molecule has 2 aromatic carbocycles. The maximum Gasteiger partial charge on any atom is 0.258 e. The summed E-state index contributed by atoms with van der Waals surface area (Å²) in [4.78, 5) is 11.9. The van der Waals surface area contributed by atoms with Gasteiger partial charge in [0.2, 0.25) is 0 Å². The number of hydrogen-bond acceptors (Lipinski definition) is 5. The third-order valence-corrected chi connectivity index (χ3v) is 4.02. The van der Waals surface area contributed by atoms with Gasteiger partial charge in [-0.3, -0.25) is 4.79 Å². The van der Waals surface area contributed by atoms with Crippen LogP contribution in [0.5, 0.6) is 17.2 Å². The summed E-state index contributed by atoms with van der Waals surface area (Å²) in [7, 11) is 1.54. The molecule has 25 heavy (non-hydrogen) atoms. The number of rotatable bonds is 7. The van der Waals surface area contributed by atoms with Gasteiger partial charge in [-0.25, -0.2) is 0 Å². The first kappa shape index (κ1) is 17.1. The number of fused-ring (bicyclic) bond motifs is 1. The van der Waals surface area contributed by atoms with Crippen LogP contribution in [0.3, 0.4) is 0 Å². The number of aliphatic hydroxyl groups is 1. The average Bonchev–Trinajstić information content (AvgIpc) is 3.12. The van der Waals surface area contributed by atoms with E-state index in [-0.39, 0.29) is 19.1 Å². The smallest absolute Gasteiger partial charge is 0.258 e. The van der Waals surface area contributed by atoms with Crippen LogP contribution in [0, 0.1) is 0 Å². The van der Waals surface area contributed by atoms with Gasteiger partial charge in [0.05, 0.1) is 19.8 Å². The zero-order valence-corrected chi connectivity index (χ0v) is 14.0. The lowest BCUT2D eigenvalue weighted by Gasteiger charge is -2.14. The van der Waals surface area contributed by atoms with Gasteiger partial charge in [-0.1, -0.05) is 18.2 Å². The highest BCUT2D eigenvalue weighted by Gasteiger charge is 2.16. The monoisotopic (exact) mass is 343 g/mol. The first-order chi connectivity index (χ1) is 12.2. The number of methoxy groups -OCH3 is 1. The Bertz CT molecular complexity index is 746. The minimum absolute atomic E-state index is 0.119. The number of nitrogens with one attached hydrogen (secondary N) is 1. The zero-order valence-electron chi connectivity index (χ0n) is 14.0. The number of aliphatic hydroxyl groups excluding tert-OH is 1. The SMILES string of the molecule is COc1ccccc1OCC(=O)NCC(O)c1ccc2c(c1)CCO2. The molecule has 1 heterocycles. The van der Waals surface area contributed by atoms with E-state index in [2.05, 4.69) is 5.32 Å². The van der Waals surface area contributed by atoms with Crippen molar-refractivity contribution >= 4 is 5.91 Å². The van der Waals surface area contributed by atoms with E-state index in [0.29, 0.717) is 18.1 Å². The maximum atomic E-state index is 11.9.